The number of thioether (sulfide) groups is 1. The average Bonchev–Trinajstić information content (AvgIpc) is 2.72. The van der Waals surface area contributed by atoms with Crippen LogP contribution in [0.5, 0.6) is 11.5 Å². The van der Waals surface area contributed by atoms with Gasteiger partial charge in [-0.1, -0.05) is 30.0 Å². The van der Waals surface area contributed by atoms with Crippen LogP contribution in [0.3, 0.4) is 0 Å². The van der Waals surface area contributed by atoms with E-state index in [9.17, 15) is 4.79 Å². The van der Waals surface area contributed by atoms with Crippen molar-refractivity contribution in [2.24, 2.45) is 0 Å². The van der Waals surface area contributed by atoms with Crippen LogP contribution >= 0.6 is 24.0 Å². The molecule has 1 heterocycles. The number of nitrogens with zero attached hydrogens (tertiary/aromatic N) is 1. The molecular weight excluding hydrogens is 318 g/mol. The minimum atomic E-state index is -0.325. The number of hydrogen-bond donors (Lipinski definition) is 0. The van der Waals surface area contributed by atoms with E-state index < -0.39 is 0 Å². The maximum Gasteiger partial charge on any atom is 0.266 e. The lowest BCUT2D eigenvalue weighted by molar-refractivity contribution is -0.125. The number of carbonyl (C=O) groups is 1. The summed E-state index contributed by atoms with van der Waals surface area (Å²) in [6.07, 6.45) is 1.83. The Morgan fingerprint density at radius 1 is 1.18 bits per heavy atom. The smallest absolute Gasteiger partial charge is 0.266 e. The van der Waals surface area contributed by atoms with Crippen LogP contribution in [-0.4, -0.2) is 34.9 Å². The van der Waals surface area contributed by atoms with E-state index in [0.29, 0.717) is 20.7 Å². The summed E-state index contributed by atoms with van der Waals surface area (Å²) in [5.74, 6) is 1.22. The first-order valence-corrected chi connectivity index (χ1v) is 8.00. The molecule has 2 rings (SSSR count). The molecule has 1 amide bonds. The van der Waals surface area contributed by atoms with Crippen LogP contribution in [0.4, 0.5) is 0 Å². The van der Waals surface area contributed by atoms with Crippen LogP contribution in [0.25, 0.3) is 6.08 Å². The summed E-state index contributed by atoms with van der Waals surface area (Å²) in [6, 6.07) is 5.53. The van der Waals surface area contributed by atoms with Gasteiger partial charge in [-0.2, -0.15) is 0 Å². The first-order chi connectivity index (χ1) is 10.3. The number of methoxy groups -OCH3 is 2. The lowest BCUT2D eigenvalue weighted by atomic mass is 10.1. The lowest BCUT2D eigenvalue weighted by Gasteiger charge is -2.30. The largest absolute Gasteiger partial charge is 0.493 e. The second-order valence-corrected chi connectivity index (χ2v) is 7.48. The summed E-state index contributed by atoms with van der Waals surface area (Å²) in [5, 5.41) is 0. The van der Waals surface area contributed by atoms with Gasteiger partial charge in [-0.15, -0.1) is 0 Å². The topological polar surface area (TPSA) is 38.8 Å². The van der Waals surface area contributed by atoms with Crippen molar-refractivity contribution in [2.75, 3.05) is 14.2 Å². The van der Waals surface area contributed by atoms with E-state index in [0.717, 1.165) is 5.56 Å². The third-order valence-electron chi connectivity index (χ3n) is 3.17. The Hall–Kier alpha value is -1.53. The van der Waals surface area contributed by atoms with Crippen LogP contribution < -0.4 is 9.47 Å². The number of benzene rings is 1. The standard InChI is InChI=1S/C16H19NO3S2/c1-16(2,3)17-14(18)13(22-15(17)21)9-10-6-7-11(19-4)12(8-10)20-5/h6-9H,1-5H3/b13-9-. The van der Waals surface area contributed by atoms with E-state index in [2.05, 4.69) is 0 Å². The Kier molecular flexibility index (Phi) is 4.82. The summed E-state index contributed by atoms with van der Waals surface area (Å²) in [5.41, 5.74) is 0.543. The first-order valence-electron chi connectivity index (χ1n) is 6.78. The second kappa shape index (κ2) is 6.30. The third kappa shape index (κ3) is 3.28. The van der Waals surface area contributed by atoms with Crippen LogP contribution in [-0.2, 0) is 4.79 Å². The van der Waals surface area contributed by atoms with Crippen LogP contribution in [0.2, 0.25) is 0 Å². The highest BCUT2D eigenvalue weighted by molar-refractivity contribution is 8.26. The van der Waals surface area contributed by atoms with E-state index in [4.69, 9.17) is 21.7 Å². The van der Waals surface area contributed by atoms with Gasteiger partial charge < -0.3 is 9.47 Å². The Bertz CT molecular complexity index is 647. The highest BCUT2D eigenvalue weighted by atomic mass is 32.2. The van der Waals surface area contributed by atoms with E-state index in [1.807, 2.05) is 45.0 Å². The Labute approximate surface area is 140 Å². The van der Waals surface area contributed by atoms with Gasteiger partial charge in [-0.3, -0.25) is 9.69 Å². The highest BCUT2D eigenvalue weighted by Crippen LogP contribution is 2.37. The monoisotopic (exact) mass is 337 g/mol. The zero-order valence-corrected chi connectivity index (χ0v) is 14.9. The van der Waals surface area contributed by atoms with Gasteiger partial charge in [0.15, 0.2) is 11.5 Å². The van der Waals surface area contributed by atoms with E-state index in [-0.39, 0.29) is 11.4 Å². The van der Waals surface area contributed by atoms with Gasteiger partial charge >= 0.3 is 0 Å². The molecule has 1 saturated heterocycles. The molecule has 0 atom stereocenters. The summed E-state index contributed by atoms with van der Waals surface area (Å²) >= 11 is 6.65. The maximum atomic E-state index is 12.5. The van der Waals surface area contributed by atoms with Crippen molar-refractivity contribution in [1.82, 2.24) is 4.90 Å². The number of amides is 1. The van der Waals surface area contributed by atoms with Gasteiger partial charge in [0.05, 0.1) is 19.1 Å². The number of ether oxygens (including phenoxy) is 2. The normalized spacial score (nSPS) is 17.3. The summed E-state index contributed by atoms with van der Waals surface area (Å²) in [7, 11) is 3.17. The predicted octanol–water partition coefficient (Wildman–Crippen LogP) is 3.70. The van der Waals surface area contributed by atoms with Gasteiger partial charge in [0, 0.05) is 5.54 Å². The molecule has 1 aliphatic heterocycles. The molecule has 0 spiro atoms. The van der Waals surface area contributed by atoms with Crippen molar-refractivity contribution in [3.05, 3.63) is 28.7 Å². The fourth-order valence-corrected chi connectivity index (χ4v) is 3.78. The number of hydrogen-bond acceptors (Lipinski definition) is 5. The summed E-state index contributed by atoms with van der Waals surface area (Å²) in [4.78, 5) is 14.8. The fourth-order valence-electron chi connectivity index (χ4n) is 2.14. The zero-order valence-electron chi connectivity index (χ0n) is 13.3. The van der Waals surface area contributed by atoms with Gasteiger partial charge in [0.25, 0.3) is 5.91 Å². The molecule has 0 aromatic heterocycles. The van der Waals surface area contributed by atoms with Crippen molar-refractivity contribution in [3.8, 4) is 11.5 Å². The van der Waals surface area contributed by atoms with Gasteiger partial charge in [-0.05, 0) is 44.5 Å². The zero-order chi connectivity index (χ0) is 16.5. The molecule has 118 valence electrons. The molecule has 6 heteroatoms. The average molecular weight is 337 g/mol. The van der Waals surface area contributed by atoms with Gasteiger partial charge in [0.2, 0.25) is 0 Å². The molecule has 1 aromatic carbocycles. The van der Waals surface area contributed by atoms with Crippen molar-refractivity contribution in [2.45, 2.75) is 26.3 Å². The molecule has 1 aromatic rings. The molecule has 4 nitrogen and oxygen atoms in total. The quantitative estimate of drug-likeness (QED) is 0.621. The van der Waals surface area contributed by atoms with Crippen molar-refractivity contribution < 1.29 is 14.3 Å². The molecule has 0 N–H and O–H groups in total. The molecular formula is C16H19NO3S2. The van der Waals surface area contributed by atoms with Crippen LogP contribution in [0.15, 0.2) is 23.1 Å². The van der Waals surface area contributed by atoms with E-state index in [1.165, 1.54) is 11.8 Å². The Balaban J connectivity index is 2.35. The highest BCUT2D eigenvalue weighted by Gasteiger charge is 2.38. The summed E-state index contributed by atoms with van der Waals surface area (Å²) in [6.45, 7) is 5.91. The number of carbonyl (C=O) groups excluding carboxylic acids is 1. The second-order valence-electron chi connectivity index (χ2n) is 5.80. The molecule has 0 unspecified atom stereocenters. The molecule has 0 radical (unpaired) electrons. The van der Waals surface area contributed by atoms with Crippen molar-refractivity contribution in [1.29, 1.82) is 0 Å². The fraction of sp³-hybridized carbons (Fsp3) is 0.375. The summed E-state index contributed by atoms with van der Waals surface area (Å²) < 4.78 is 11.1. The van der Waals surface area contributed by atoms with Gasteiger partial charge in [-0.25, -0.2) is 0 Å². The number of thiocarbonyl (C=S) groups is 1. The van der Waals surface area contributed by atoms with Crippen LogP contribution in [0, 0.1) is 0 Å². The molecule has 1 aliphatic rings. The SMILES string of the molecule is COc1ccc(/C=C2\SC(=S)N(C(C)(C)C)C2=O)cc1OC. The Morgan fingerprint density at radius 2 is 1.82 bits per heavy atom. The van der Waals surface area contributed by atoms with E-state index >= 15 is 0 Å². The molecule has 0 saturated carbocycles. The first kappa shape index (κ1) is 16.8. The maximum absolute atomic E-state index is 12.5. The predicted molar refractivity (Wildman–Crippen MR) is 94.3 cm³/mol. The van der Waals surface area contributed by atoms with Gasteiger partial charge in [0.1, 0.15) is 4.32 Å². The van der Waals surface area contributed by atoms with Crippen molar-refractivity contribution in [3.63, 3.8) is 0 Å². The molecule has 22 heavy (non-hydrogen) atoms. The third-order valence-corrected chi connectivity index (χ3v) is 4.47. The minimum absolute atomic E-state index is 0.0581. The van der Waals surface area contributed by atoms with E-state index in [1.54, 1.807) is 19.1 Å². The van der Waals surface area contributed by atoms with Crippen LogP contribution in [0.1, 0.15) is 26.3 Å². The lowest BCUT2D eigenvalue weighted by Crippen LogP contribution is -2.44. The Morgan fingerprint density at radius 3 is 2.32 bits per heavy atom. The number of rotatable bonds is 3. The van der Waals surface area contributed by atoms with Crippen molar-refractivity contribution >= 4 is 40.3 Å². The molecule has 0 aliphatic carbocycles. The molecule has 1 fully saturated rings. The minimum Gasteiger partial charge on any atom is -0.493 e. The molecule has 0 bridgehead atoms.